The third-order valence-corrected chi connectivity index (χ3v) is 4.20. The number of hydrogen-bond acceptors (Lipinski definition) is 8. The highest BCUT2D eigenvalue weighted by Crippen LogP contribution is 2.40. The van der Waals surface area contributed by atoms with E-state index in [1.807, 2.05) is 43.3 Å². The van der Waals surface area contributed by atoms with Gasteiger partial charge in [-0.3, -0.25) is 0 Å². The molecule has 0 aliphatic carbocycles. The van der Waals surface area contributed by atoms with Gasteiger partial charge in [0.2, 0.25) is 11.7 Å². The van der Waals surface area contributed by atoms with E-state index in [-0.39, 0.29) is 0 Å². The van der Waals surface area contributed by atoms with E-state index in [1.54, 1.807) is 33.5 Å². The van der Waals surface area contributed by atoms with Crippen LogP contribution in [0.5, 0.6) is 23.0 Å². The number of rotatable bonds is 10. The van der Waals surface area contributed by atoms with Gasteiger partial charge in [-0.05, 0) is 19.1 Å². The highest BCUT2D eigenvalue weighted by molar-refractivity contribution is 5.66. The van der Waals surface area contributed by atoms with E-state index in [2.05, 4.69) is 20.6 Å². The van der Waals surface area contributed by atoms with Crippen LogP contribution in [0, 0.1) is 6.92 Å². The van der Waals surface area contributed by atoms with Gasteiger partial charge in [-0.15, -0.1) is 0 Å². The Bertz CT molecular complexity index is 942. The molecule has 2 N–H and O–H groups in total. The molecule has 0 aliphatic heterocycles. The van der Waals surface area contributed by atoms with Crippen molar-refractivity contribution < 1.29 is 18.9 Å². The number of nitrogens with one attached hydrogen (secondary N) is 2. The number of ether oxygens (including phenoxy) is 4. The van der Waals surface area contributed by atoms with Crippen molar-refractivity contribution in [3.63, 3.8) is 0 Å². The van der Waals surface area contributed by atoms with Gasteiger partial charge in [0.05, 0.1) is 27.9 Å². The highest BCUT2D eigenvalue weighted by Gasteiger charge is 2.14. The lowest BCUT2D eigenvalue weighted by Gasteiger charge is -2.15. The summed E-state index contributed by atoms with van der Waals surface area (Å²) in [5, 5.41) is 6.45. The lowest BCUT2D eigenvalue weighted by molar-refractivity contribution is 0.324. The second-order valence-electron chi connectivity index (χ2n) is 6.35. The molecule has 0 spiro atoms. The van der Waals surface area contributed by atoms with Gasteiger partial charge in [0, 0.05) is 29.6 Å². The maximum Gasteiger partial charge on any atom is 0.229 e. The van der Waals surface area contributed by atoms with Crippen LogP contribution in [0.15, 0.2) is 48.5 Å². The van der Waals surface area contributed by atoms with Crippen LogP contribution in [-0.2, 0) is 0 Å². The van der Waals surface area contributed by atoms with E-state index in [9.17, 15) is 0 Å². The van der Waals surface area contributed by atoms with Crippen molar-refractivity contribution in [1.82, 2.24) is 9.97 Å². The van der Waals surface area contributed by atoms with Gasteiger partial charge in [-0.25, -0.2) is 4.98 Å². The number of para-hydroxylation sites is 1. The van der Waals surface area contributed by atoms with Gasteiger partial charge < -0.3 is 29.6 Å². The second-order valence-corrected chi connectivity index (χ2v) is 6.35. The van der Waals surface area contributed by atoms with Crippen molar-refractivity contribution in [3.05, 3.63) is 54.2 Å². The Morgan fingerprint density at radius 2 is 1.57 bits per heavy atom. The first kappa shape index (κ1) is 21.0. The van der Waals surface area contributed by atoms with E-state index in [4.69, 9.17) is 18.9 Å². The number of methoxy groups -OCH3 is 3. The molecule has 158 valence electrons. The molecule has 3 rings (SSSR count). The van der Waals surface area contributed by atoms with E-state index >= 15 is 0 Å². The summed E-state index contributed by atoms with van der Waals surface area (Å²) < 4.78 is 21.8. The molecule has 0 fully saturated rings. The monoisotopic (exact) mass is 410 g/mol. The standard InChI is InChI=1S/C22H26N4O4/c1-15-12-20(23-10-11-30-17-8-6-5-7-9-17)26-22(24-15)25-16-13-18(27-2)21(29-4)19(14-16)28-3/h5-9,12-14H,10-11H2,1-4H3,(H2,23,24,25,26). The van der Waals surface area contributed by atoms with Crippen molar-refractivity contribution in [1.29, 1.82) is 0 Å². The van der Waals surface area contributed by atoms with Gasteiger partial charge in [0.1, 0.15) is 18.2 Å². The molecule has 1 heterocycles. The van der Waals surface area contributed by atoms with Crippen LogP contribution >= 0.6 is 0 Å². The summed E-state index contributed by atoms with van der Waals surface area (Å²) in [4.78, 5) is 8.98. The largest absolute Gasteiger partial charge is 0.493 e. The summed E-state index contributed by atoms with van der Waals surface area (Å²) in [6.07, 6.45) is 0. The van der Waals surface area contributed by atoms with Gasteiger partial charge in [0.25, 0.3) is 0 Å². The van der Waals surface area contributed by atoms with Gasteiger partial charge in [0.15, 0.2) is 11.5 Å². The minimum atomic E-state index is 0.454. The van der Waals surface area contributed by atoms with Crippen LogP contribution < -0.4 is 29.6 Å². The number of nitrogens with zero attached hydrogens (tertiary/aromatic N) is 2. The van der Waals surface area contributed by atoms with Crippen molar-refractivity contribution in [3.8, 4) is 23.0 Å². The van der Waals surface area contributed by atoms with E-state index in [0.29, 0.717) is 47.9 Å². The van der Waals surface area contributed by atoms with Crippen molar-refractivity contribution >= 4 is 17.5 Å². The molecule has 0 aliphatic rings. The molecular weight excluding hydrogens is 384 g/mol. The fraction of sp³-hybridized carbons (Fsp3) is 0.273. The van der Waals surface area contributed by atoms with Crippen molar-refractivity contribution in [2.45, 2.75) is 6.92 Å². The van der Waals surface area contributed by atoms with Crippen LogP contribution in [0.3, 0.4) is 0 Å². The van der Waals surface area contributed by atoms with Gasteiger partial charge in [-0.1, -0.05) is 18.2 Å². The average molecular weight is 410 g/mol. The summed E-state index contributed by atoms with van der Waals surface area (Å²) in [5.74, 6) is 3.61. The zero-order chi connectivity index (χ0) is 21.3. The summed E-state index contributed by atoms with van der Waals surface area (Å²) in [6, 6.07) is 15.2. The third kappa shape index (κ3) is 5.44. The Kier molecular flexibility index (Phi) is 7.15. The first-order valence-electron chi connectivity index (χ1n) is 9.47. The Morgan fingerprint density at radius 3 is 2.20 bits per heavy atom. The number of aryl methyl sites for hydroxylation is 1. The summed E-state index contributed by atoms with van der Waals surface area (Å²) in [5.41, 5.74) is 1.54. The van der Waals surface area contributed by atoms with Crippen LogP contribution in [0.1, 0.15) is 5.69 Å². The average Bonchev–Trinajstić information content (AvgIpc) is 2.76. The molecule has 0 unspecified atom stereocenters. The molecule has 1 aromatic heterocycles. The van der Waals surface area contributed by atoms with Crippen molar-refractivity contribution in [2.24, 2.45) is 0 Å². The minimum absolute atomic E-state index is 0.454. The molecule has 0 atom stereocenters. The third-order valence-electron chi connectivity index (χ3n) is 4.20. The molecular formula is C22H26N4O4. The first-order valence-corrected chi connectivity index (χ1v) is 9.47. The SMILES string of the molecule is COc1cc(Nc2nc(C)cc(NCCOc3ccccc3)n2)cc(OC)c1OC. The molecule has 0 bridgehead atoms. The lowest BCUT2D eigenvalue weighted by atomic mass is 10.2. The fourth-order valence-electron chi connectivity index (χ4n) is 2.86. The number of hydrogen-bond donors (Lipinski definition) is 2. The van der Waals surface area contributed by atoms with Gasteiger partial charge >= 0.3 is 0 Å². The maximum absolute atomic E-state index is 5.70. The topological polar surface area (TPSA) is 86.8 Å². The molecule has 0 radical (unpaired) electrons. The quantitative estimate of drug-likeness (QED) is 0.484. The number of benzene rings is 2. The molecule has 8 nitrogen and oxygen atoms in total. The lowest BCUT2D eigenvalue weighted by Crippen LogP contribution is -2.13. The summed E-state index contributed by atoms with van der Waals surface area (Å²) in [6.45, 7) is 3.03. The van der Waals surface area contributed by atoms with E-state index in [1.165, 1.54) is 0 Å². The minimum Gasteiger partial charge on any atom is -0.493 e. The van der Waals surface area contributed by atoms with Crippen LogP contribution in [0.25, 0.3) is 0 Å². The van der Waals surface area contributed by atoms with E-state index in [0.717, 1.165) is 11.4 Å². The Labute approximate surface area is 176 Å². The fourth-order valence-corrected chi connectivity index (χ4v) is 2.86. The van der Waals surface area contributed by atoms with Crippen LogP contribution in [0.2, 0.25) is 0 Å². The zero-order valence-electron chi connectivity index (χ0n) is 17.6. The smallest absolute Gasteiger partial charge is 0.229 e. The summed E-state index contributed by atoms with van der Waals surface area (Å²) in [7, 11) is 4.71. The molecule has 8 heteroatoms. The molecule has 3 aromatic rings. The van der Waals surface area contributed by atoms with Gasteiger partial charge in [-0.2, -0.15) is 4.98 Å². The Balaban J connectivity index is 1.68. The Hall–Kier alpha value is -3.68. The molecule has 0 saturated carbocycles. The normalized spacial score (nSPS) is 10.3. The van der Waals surface area contributed by atoms with E-state index < -0.39 is 0 Å². The predicted molar refractivity (Wildman–Crippen MR) is 117 cm³/mol. The van der Waals surface area contributed by atoms with Crippen molar-refractivity contribution in [2.75, 3.05) is 45.1 Å². The molecule has 0 saturated heterocycles. The molecule has 2 aromatic carbocycles. The Morgan fingerprint density at radius 1 is 0.867 bits per heavy atom. The molecule has 0 amide bonds. The first-order chi connectivity index (χ1) is 14.6. The number of anilines is 3. The second kappa shape index (κ2) is 10.2. The highest BCUT2D eigenvalue weighted by atomic mass is 16.5. The number of aromatic nitrogens is 2. The van der Waals surface area contributed by atoms with Crippen LogP contribution in [-0.4, -0.2) is 44.4 Å². The maximum atomic E-state index is 5.70. The molecule has 30 heavy (non-hydrogen) atoms. The summed E-state index contributed by atoms with van der Waals surface area (Å²) >= 11 is 0. The zero-order valence-corrected chi connectivity index (χ0v) is 17.6. The van der Waals surface area contributed by atoms with Crippen LogP contribution in [0.4, 0.5) is 17.5 Å². The predicted octanol–water partition coefficient (Wildman–Crippen LogP) is 4.05.